The molecule has 3 heteroatoms. The fourth-order valence-corrected chi connectivity index (χ4v) is 2.37. The number of hydrogen-bond acceptors (Lipinski definition) is 2. The minimum Gasteiger partial charge on any atom is -0.352 e. The molecule has 0 aliphatic heterocycles. The number of nitrogens with zero attached hydrogens (tertiary/aromatic N) is 1. The second kappa shape index (κ2) is 7.93. The standard InChI is InChI=1S/C16H26N2O/c1-4-6-10-16(3,9-5-2)15(19)18-13-14-7-11-17-12-8-14/h7-8,11-12H,4-6,9-10,13H2,1-3H3,(H,18,19). The molecule has 0 saturated carbocycles. The van der Waals surface area contributed by atoms with Crippen molar-refractivity contribution in [1.29, 1.82) is 0 Å². The van der Waals surface area contributed by atoms with Gasteiger partial charge in [-0.3, -0.25) is 9.78 Å². The van der Waals surface area contributed by atoms with Gasteiger partial charge in [-0.15, -0.1) is 0 Å². The Morgan fingerprint density at radius 1 is 1.21 bits per heavy atom. The average molecular weight is 262 g/mol. The van der Waals surface area contributed by atoms with Crippen molar-refractivity contribution >= 4 is 5.91 Å². The number of hydrogen-bond donors (Lipinski definition) is 1. The molecule has 1 N–H and O–H groups in total. The highest BCUT2D eigenvalue weighted by Gasteiger charge is 2.31. The first-order valence-corrected chi connectivity index (χ1v) is 7.29. The van der Waals surface area contributed by atoms with Crippen molar-refractivity contribution < 1.29 is 4.79 Å². The average Bonchev–Trinajstić information content (AvgIpc) is 2.44. The maximum Gasteiger partial charge on any atom is 0.226 e. The number of carbonyl (C=O) groups excluding carboxylic acids is 1. The van der Waals surface area contributed by atoms with Gasteiger partial charge in [-0.25, -0.2) is 0 Å². The summed E-state index contributed by atoms with van der Waals surface area (Å²) in [6, 6.07) is 3.87. The molecule has 1 rings (SSSR count). The summed E-state index contributed by atoms with van der Waals surface area (Å²) < 4.78 is 0. The van der Waals surface area contributed by atoms with Gasteiger partial charge in [-0.05, 0) is 30.5 Å². The van der Waals surface area contributed by atoms with Crippen LogP contribution in [0.5, 0.6) is 0 Å². The highest BCUT2D eigenvalue weighted by molar-refractivity contribution is 5.82. The summed E-state index contributed by atoms with van der Waals surface area (Å²) in [5.41, 5.74) is 0.871. The van der Waals surface area contributed by atoms with Gasteiger partial charge in [0.05, 0.1) is 0 Å². The molecule has 0 fully saturated rings. The van der Waals surface area contributed by atoms with E-state index in [4.69, 9.17) is 0 Å². The van der Waals surface area contributed by atoms with Gasteiger partial charge in [0.2, 0.25) is 5.91 Å². The van der Waals surface area contributed by atoms with Crippen LogP contribution in [0.15, 0.2) is 24.5 Å². The number of carbonyl (C=O) groups is 1. The zero-order valence-corrected chi connectivity index (χ0v) is 12.4. The van der Waals surface area contributed by atoms with E-state index in [1.807, 2.05) is 12.1 Å². The summed E-state index contributed by atoms with van der Waals surface area (Å²) in [5.74, 6) is 0.180. The highest BCUT2D eigenvalue weighted by atomic mass is 16.2. The van der Waals surface area contributed by atoms with Crippen LogP contribution in [0.3, 0.4) is 0 Å². The summed E-state index contributed by atoms with van der Waals surface area (Å²) in [6.07, 6.45) is 8.72. The van der Waals surface area contributed by atoms with Crippen molar-refractivity contribution in [1.82, 2.24) is 10.3 Å². The van der Waals surface area contributed by atoms with E-state index in [0.717, 1.165) is 37.7 Å². The molecule has 1 amide bonds. The zero-order chi connectivity index (χ0) is 14.1. The van der Waals surface area contributed by atoms with Gasteiger partial charge in [0.1, 0.15) is 0 Å². The molecule has 0 aliphatic rings. The number of pyridine rings is 1. The Morgan fingerprint density at radius 2 is 1.89 bits per heavy atom. The Bertz CT molecular complexity index is 378. The summed E-state index contributed by atoms with van der Waals surface area (Å²) in [7, 11) is 0. The van der Waals surface area contributed by atoms with Crippen molar-refractivity contribution in [3.8, 4) is 0 Å². The number of unbranched alkanes of at least 4 members (excludes halogenated alkanes) is 1. The van der Waals surface area contributed by atoms with Gasteiger partial charge < -0.3 is 5.32 Å². The summed E-state index contributed by atoms with van der Waals surface area (Å²) in [6.45, 7) is 6.99. The molecule has 3 nitrogen and oxygen atoms in total. The first kappa shape index (κ1) is 15.7. The third kappa shape index (κ3) is 5.01. The molecule has 1 aromatic heterocycles. The highest BCUT2D eigenvalue weighted by Crippen LogP contribution is 2.30. The number of rotatable bonds is 8. The zero-order valence-electron chi connectivity index (χ0n) is 12.4. The van der Waals surface area contributed by atoms with Gasteiger partial charge in [0.25, 0.3) is 0 Å². The van der Waals surface area contributed by atoms with Crippen LogP contribution in [0.2, 0.25) is 0 Å². The lowest BCUT2D eigenvalue weighted by Crippen LogP contribution is -2.38. The fourth-order valence-electron chi connectivity index (χ4n) is 2.37. The minimum atomic E-state index is -0.224. The molecule has 1 unspecified atom stereocenters. The van der Waals surface area contributed by atoms with Crippen LogP contribution in [0, 0.1) is 5.41 Å². The second-order valence-electron chi connectivity index (χ2n) is 5.45. The predicted molar refractivity (Wildman–Crippen MR) is 78.6 cm³/mol. The largest absolute Gasteiger partial charge is 0.352 e. The summed E-state index contributed by atoms with van der Waals surface area (Å²) >= 11 is 0. The Hall–Kier alpha value is -1.38. The van der Waals surface area contributed by atoms with Crippen LogP contribution in [-0.2, 0) is 11.3 Å². The molecular formula is C16H26N2O. The van der Waals surface area contributed by atoms with Crippen LogP contribution in [0.4, 0.5) is 0 Å². The van der Waals surface area contributed by atoms with Gasteiger partial charge in [0, 0.05) is 24.4 Å². The van der Waals surface area contributed by atoms with E-state index >= 15 is 0 Å². The van der Waals surface area contributed by atoms with E-state index in [9.17, 15) is 4.79 Å². The molecule has 1 heterocycles. The lowest BCUT2D eigenvalue weighted by Gasteiger charge is -2.28. The van der Waals surface area contributed by atoms with Gasteiger partial charge >= 0.3 is 0 Å². The number of amides is 1. The van der Waals surface area contributed by atoms with E-state index in [1.165, 1.54) is 0 Å². The van der Waals surface area contributed by atoms with Crippen LogP contribution >= 0.6 is 0 Å². The Morgan fingerprint density at radius 3 is 2.47 bits per heavy atom. The van der Waals surface area contributed by atoms with Crippen LogP contribution in [0.1, 0.15) is 58.4 Å². The maximum absolute atomic E-state index is 12.4. The van der Waals surface area contributed by atoms with E-state index in [-0.39, 0.29) is 11.3 Å². The van der Waals surface area contributed by atoms with Crippen molar-refractivity contribution in [3.05, 3.63) is 30.1 Å². The molecule has 1 aromatic rings. The first-order chi connectivity index (χ1) is 9.12. The van der Waals surface area contributed by atoms with Crippen molar-refractivity contribution in [2.75, 3.05) is 0 Å². The molecule has 1 atom stereocenters. The number of nitrogens with one attached hydrogen (secondary N) is 1. The molecule has 106 valence electrons. The lowest BCUT2D eigenvalue weighted by molar-refractivity contribution is -0.131. The normalized spacial score (nSPS) is 13.8. The topological polar surface area (TPSA) is 42.0 Å². The van der Waals surface area contributed by atoms with Gasteiger partial charge in [-0.1, -0.05) is 40.0 Å². The Labute approximate surface area is 116 Å². The molecular weight excluding hydrogens is 236 g/mol. The molecule has 0 aliphatic carbocycles. The molecule has 0 aromatic carbocycles. The Balaban J connectivity index is 2.56. The molecule has 0 saturated heterocycles. The Kier molecular flexibility index (Phi) is 6.54. The molecule has 0 radical (unpaired) electrons. The van der Waals surface area contributed by atoms with Crippen molar-refractivity contribution in [2.45, 2.75) is 59.4 Å². The SMILES string of the molecule is CCCCC(C)(CCC)C(=O)NCc1ccncc1. The predicted octanol–water partition coefficient (Wildman–Crippen LogP) is 3.69. The van der Waals surface area contributed by atoms with Gasteiger partial charge in [-0.2, -0.15) is 0 Å². The fraction of sp³-hybridized carbons (Fsp3) is 0.625. The molecule has 19 heavy (non-hydrogen) atoms. The van der Waals surface area contributed by atoms with Crippen LogP contribution in [0.25, 0.3) is 0 Å². The second-order valence-corrected chi connectivity index (χ2v) is 5.45. The molecule has 0 spiro atoms. The van der Waals surface area contributed by atoms with Crippen LogP contribution < -0.4 is 5.32 Å². The van der Waals surface area contributed by atoms with Crippen molar-refractivity contribution in [3.63, 3.8) is 0 Å². The molecule has 0 bridgehead atoms. The van der Waals surface area contributed by atoms with Crippen molar-refractivity contribution in [2.24, 2.45) is 5.41 Å². The third-order valence-electron chi connectivity index (χ3n) is 3.63. The van der Waals surface area contributed by atoms with Crippen LogP contribution in [-0.4, -0.2) is 10.9 Å². The monoisotopic (exact) mass is 262 g/mol. The van der Waals surface area contributed by atoms with E-state index in [0.29, 0.717) is 6.54 Å². The van der Waals surface area contributed by atoms with E-state index in [1.54, 1.807) is 12.4 Å². The minimum absolute atomic E-state index is 0.180. The summed E-state index contributed by atoms with van der Waals surface area (Å²) in [5, 5.41) is 3.07. The van der Waals surface area contributed by atoms with E-state index < -0.39 is 0 Å². The summed E-state index contributed by atoms with van der Waals surface area (Å²) in [4.78, 5) is 16.4. The third-order valence-corrected chi connectivity index (χ3v) is 3.63. The quantitative estimate of drug-likeness (QED) is 0.776. The van der Waals surface area contributed by atoms with E-state index in [2.05, 4.69) is 31.1 Å². The van der Waals surface area contributed by atoms with Gasteiger partial charge in [0.15, 0.2) is 0 Å². The maximum atomic E-state index is 12.4. The number of aromatic nitrogens is 1. The smallest absolute Gasteiger partial charge is 0.226 e. The first-order valence-electron chi connectivity index (χ1n) is 7.29. The lowest BCUT2D eigenvalue weighted by atomic mass is 9.80.